The summed E-state index contributed by atoms with van der Waals surface area (Å²) in [5, 5.41) is 2.64. The van der Waals surface area contributed by atoms with Gasteiger partial charge in [-0.2, -0.15) is 0 Å². The minimum absolute atomic E-state index is 0.0155. The molecule has 0 radical (unpaired) electrons. The van der Waals surface area contributed by atoms with Crippen molar-refractivity contribution in [1.29, 1.82) is 0 Å². The molecule has 0 aliphatic heterocycles. The number of anilines is 3. The number of thiophene rings is 1. The molecule has 1 aliphatic rings. The van der Waals surface area contributed by atoms with Crippen LogP contribution in [0, 0.1) is 0 Å². The predicted octanol–water partition coefficient (Wildman–Crippen LogP) is 11.5. The lowest BCUT2D eigenvalue weighted by atomic mass is 9.82. The zero-order valence-corrected chi connectivity index (χ0v) is 24.0. The molecule has 2 heteroatoms. The van der Waals surface area contributed by atoms with Crippen LogP contribution in [-0.2, 0) is 5.41 Å². The summed E-state index contributed by atoms with van der Waals surface area (Å²) < 4.78 is 2.63. The molecule has 41 heavy (non-hydrogen) atoms. The van der Waals surface area contributed by atoms with Gasteiger partial charge in [-0.15, -0.1) is 11.3 Å². The second kappa shape index (κ2) is 9.19. The molecule has 0 saturated carbocycles. The van der Waals surface area contributed by atoms with Crippen LogP contribution in [0.3, 0.4) is 0 Å². The van der Waals surface area contributed by atoms with Crippen molar-refractivity contribution in [2.45, 2.75) is 19.3 Å². The van der Waals surface area contributed by atoms with Crippen molar-refractivity contribution >= 4 is 48.6 Å². The number of hydrogen-bond donors (Lipinski definition) is 0. The highest BCUT2D eigenvalue weighted by atomic mass is 32.1. The first kappa shape index (κ1) is 24.2. The van der Waals surface area contributed by atoms with Gasteiger partial charge < -0.3 is 4.90 Å². The molecule has 7 aromatic rings. The van der Waals surface area contributed by atoms with E-state index in [9.17, 15) is 0 Å². The quantitative estimate of drug-likeness (QED) is 0.213. The summed E-state index contributed by atoms with van der Waals surface area (Å²) in [5.41, 5.74) is 11.5. The Balaban J connectivity index is 1.26. The van der Waals surface area contributed by atoms with Gasteiger partial charge in [-0.3, -0.25) is 0 Å². The van der Waals surface area contributed by atoms with Crippen molar-refractivity contribution in [3.05, 3.63) is 151 Å². The third kappa shape index (κ3) is 3.83. The number of benzene rings is 6. The van der Waals surface area contributed by atoms with Crippen LogP contribution in [0.1, 0.15) is 25.0 Å². The summed E-state index contributed by atoms with van der Waals surface area (Å²) >= 11 is 1.86. The zero-order valence-electron chi connectivity index (χ0n) is 23.1. The lowest BCUT2D eigenvalue weighted by Crippen LogP contribution is -2.14. The third-order valence-electron chi connectivity index (χ3n) is 8.66. The topological polar surface area (TPSA) is 3.24 Å². The molecule has 0 saturated heterocycles. The van der Waals surface area contributed by atoms with Crippen LogP contribution in [0.15, 0.2) is 140 Å². The summed E-state index contributed by atoms with van der Waals surface area (Å²) in [5.74, 6) is 0. The molecule has 196 valence electrons. The minimum atomic E-state index is 0.0155. The molecule has 1 heterocycles. The second-order valence-corrected chi connectivity index (χ2v) is 12.5. The van der Waals surface area contributed by atoms with E-state index in [1.165, 1.54) is 53.6 Å². The van der Waals surface area contributed by atoms with Crippen LogP contribution in [0.4, 0.5) is 17.1 Å². The maximum atomic E-state index is 2.39. The Morgan fingerprint density at radius 1 is 0.463 bits per heavy atom. The van der Waals surface area contributed by atoms with Crippen LogP contribution in [0.2, 0.25) is 0 Å². The lowest BCUT2D eigenvalue weighted by molar-refractivity contribution is 0.660. The minimum Gasteiger partial charge on any atom is -0.310 e. The van der Waals surface area contributed by atoms with Gasteiger partial charge in [0.1, 0.15) is 0 Å². The van der Waals surface area contributed by atoms with E-state index in [4.69, 9.17) is 0 Å². The van der Waals surface area contributed by atoms with Crippen molar-refractivity contribution in [3.8, 4) is 22.3 Å². The second-order valence-electron chi connectivity index (χ2n) is 11.4. The van der Waals surface area contributed by atoms with Gasteiger partial charge in [0.2, 0.25) is 0 Å². The monoisotopic (exact) mass is 543 g/mol. The molecule has 0 bridgehead atoms. The first-order valence-corrected chi connectivity index (χ1v) is 15.0. The van der Waals surface area contributed by atoms with Crippen molar-refractivity contribution in [2.24, 2.45) is 0 Å². The van der Waals surface area contributed by atoms with E-state index in [0.717, 1.165) is 17.1 Å². The highest BCUT2D eigenvalue weighted by molar-refractivity contribution is 7.25. The number of para-hydroxylation sites is 1. The van der Waals surface area contributed by atoms with Crippen molar-refractivity contribution < 1.29 is 0 Å². The Bertz CT molecular complexity index is 2080. The maximum absolute atomic E-state index is 2.39. The Morgan fingerprint density at radius 3 is 2.05 bits per heavy atom. The van der Waals surface area contributed by atoms with E-state index in [-0.39, 0.29) is 5.41 Å². The molecule has 1 nitrogen and oxygen atoms in total. The standard InChI is InChI=1S/C39H29NS/c1-39(2)35-17-8-6-15-31(35)34-24-27(19-22-36(34)39)26-11-10-14-29(23-26)40(28-12-4-3-5-13-28)30-20-21-33-32-16-7-9-18-37(32)41-38(33)25-30/h3-25H,1-2H3. The molecule has 1 aliphatic carbocycles. The molecular weight excluding hydrogens is 515 g/mol. The molecule has 0 fully saturated rings. The van der Waals surface area contributed by atoms with Gasteiger partial charge in [0, 0.05) is 42.6 Å². The average Bonchev–Trinajstić information content (AvgIpc) is 3.50. The predicted molar refractivity (Wildman–Crippen MR) is 177 cm³/mol. The molecule has 6 aromatic carbocycles. The van der Waals surface area contributed by atoms with E-state index < -0.39 is 0 Å². The Labute approximate surface area is 245 Å². The van der Waals surface area contributed by atoms with Gasteiger partial charge in [-0.05, 0) is 81.9 Å². The van der Waals surface area contributed by atoms with E-state index in [2.05, 4.69) is 158 Å². The Kier molecular flexibility index (Phi) is 5.42. The zero-order chi connectivity index (χ0) is 27.6. The fraction of sp³-hybridized carbons (Fsp3) is 0.0769. The fourth-order valence-corrected chi connectivity index (χ4v) is 7.74. The number of fused-ring (bicyclic) bond motifs is 6. The molecule has 0 spiro atoms. The highest BCUT2D eigenvalue weighted by Gasteiger charge is 2.35. The average molecular weight is 544 g/mol. The first-order chi connectivity index (χ1) is 20.1. The fourth-order valence-electron chi connectivity index (χ4n) is 6.60. The largest absolute Gasteiger partial charge is 0.310 e. The maximum Gasteiger partial charge on any atom is 0.0476 e. The van der Waals surface area contributed by atoms with Crippen LogP contribution in [-0.4, -0.2) is 0 Å². The van der Waals surface area contributed by atoms with Crippen molar-refractivity contribution in [2.75, 3.05) is 4.90 Å². The van der Waals surface area contributed by atoms with E-state index >= 15 is 0 Å². The molecule has 0 amide bonds. The van der Waals surface area contributed by atoms with Gasteiger partial charge in [0.05, 0.1) is 0 Å². The van der Waals surface area contributed by atoms with Crippen LogP contribution >= 0.6 is 11.3 Å². The first-order valence-electron chi connectivity index (χ1n) is 14.2. The molecule has 8 rings (SSSR count). The SMILES string of the molecule is CC1(C)c2ccccc2-c2cc(-c3cccc(N(c4ccccc4)c4ccc5c(c4)sc4ccccc45)c3)ccc21. The number of hydrogen-bond acceptors (Lipinski definition) is 2. The van der Waals surface area contributed by atoms with Gasteiger partial charge in [-0.25, -0.2) is 0 Å². The molecule has 0 atom stereocenters. The summed E-state index contributed by atoms with van der Waals surface area (Å²) in [4.78, 5) is 2.37. The Hall–Kier alpha value is -4.66. The molecular formula is C39H29NS. The molecule has 1 aromatic heterocycles. The van der Waals surface area contributed by atoms with Crippen LogP contribution < -0.4 is 4.90 Å². The van der Waals surface area contributed by atoms with Crippen LogP contribution in [0.5, 0.6) is 0 Å². The summed E-state index contributed by atoms with van der Waals surface area (Å²) in [7, 11) is 0. The van der Waals surface area contributed by atoms with Gasteiger partial charge in [-0.1, -0.05) is 105 Å². The summed E-state index contributed by atoms with van der Waals surface area (Å²) in [6, 6.07) is 51.1. The van der Waals surface area contributed by atoms with E-state index in [1.807, 2.05) is 11.3 Å². The summed E-state index contributed by atoms with van der Waals surface area (Å²) in [6.45, 7) is 4.67. The van der Waals surface area contributed by atoms with Gasteiger partial charge >= 0.3 is 0 Å². The number of nitrogens with zero attached hydrogens (tertiary/aromatic N) is 1. The smallest absolute Gasteiger partial charge is 0.0476 e. The third-order valence-corrected chi connectivity index (χ3v) is 9.79. The van der Waals surface area contributed by atoms with E-state index in [0.29, 0.717) is 0 Å². The van der Waals surface area contributed by atoms with Crippen molar-refractivity contribution in [3.63, 3.8) is 0 Å². The number of rotatable bonds is 4. The van der Waals surface area contributed by atoms with E-state index in [1.54, 1.807) is 0 Å². The summed E-state index contributed by atoms with van der Waals surface area (Å²) in [6.07, 6.45) is 0. The molecule has 0 unspecified atom stereocenters. The molecule has 0 N–H and O–H groups in total. The van der Waals surface area contributed by atoms with Crippen molar-refractivity contribution in [1.82, 2.24) is 0 Å². The lowest BCUT2D eigenvalue weighted by Gasteiger charge is -2.26. The van der Waals surface area contributed by atoms with Gasteiger partial charge in [0.25, 0.3) is 0 Å². The Morgan fingerprint density at radius 2 is 1.15 bits per heavy atom. The normalized spacial score (nSPS) is 13.3. The van der Waals surface area contributed by atoms with Gasteiger partial charge in [0.15, 0.2) is 0 Å². The van der Waals surface area contributed by atoms with Crippen LogP contribution in [0.25, 0.3) is 42.4 Å². The highest BCUT2D eigenvalue weighted by Crippen LogP contribution is 2.49.